The van der Waals surface area contributed by atoms with Crippen LogP contribution in [0.15, 0.2) is 66.3 Å². The SMILES string of the molecule is CO[C@@](C)(c1ccc(F)cc1)c1cnc(N2CCN(/C(=N/C=N)c3cc(-c4cnn(C)c4)c[nH]3)CC2)nc1. The molecule has 10 nitrogen and oxygen atoms in total. The molecule has 5 rings (SSSR count). The smallest absolute Gasteiger partial charge is 0.225 e. The molecule has 3 aromatic heterocycles. The van der Waals surface area contributed by atoms with Gasteiger partial charge in [-0.1, -0.05) is 12.1 Å². The van der Waals surface area contributed by atoms with Crippen molar-refractivity contribution in [3.63, 3.8) is 0 Å². The van der Waals surface area contributed by atoms with E-state index in [2.05, 4.69) is 34.8 Å². The lowest BCUT2D eigenvalue weighted by Crippen LogP contribution is -2.49. The third kappa shape index (κ3) is 4.92. The molecule has 1 atom stereocenters. The zero-order chi connectivity index (χ0) is 26.7. The van der Waals surface area contributed by atoms with Crippen LogP contribution in [0.1, 0.15) is 23.7 Å². The number of rotatable bonds is 7. The number of nitrogens with one attached hydrogen (secondary N) is 2. The molecular weight excluding hydrogens is 485 g/mol. The first-order valence-corrected chi connectivity index (χ1v) is 12.3. The molecule has 1 aliphatic rings. The average Bonchev–Trinajstić information content (AvgIpc) is 3.61. The third-order valence-electron chi connectivity index (χ3n) is 7.00. The van der Waals surface area contributed by atoms with Crippen LogP contribution in [0.2, 0.25) is 0 Å². The van der Waals surface area contributed by atoms with Gasteiger partial charge in [0.25, 0.3) is 0 Å². The summed E-state index contributed by atoms with van der Waals surface area (Å²) in [4.78, 5) is 21.2. The number of piperazine rings is 1. The second-order valence-corrected chi connectivity index (χ2v) is 9.28. The highest BCUT2D eigenvalue weighted by atomic mass is 19.1. The number of hydrogen-bond donors (Lipinski definition) is 2. The molecule has 0 spiro atoms. The number of aryl methyl sites for hydroxylation is 1. The van der Waals surface area contributed by atoms with E-state index in [1.54, 1.807) is 36.3 Å². The van der Waals surface area contributed by atoms with Crippen molar-refractivity contribution in [2.24, 2.45) is 12.0 Å². The van der Waals surface area contributed by atoms with E-state index in [-0.39, 0.29) is 5.82 Å². The second kappa shape index (κ2) is 10.5. The van der Waals surface area contributed by atoms with Gasteiger partial charge in [0.1, 0.15) is 17.8 Å². The van der Waals surface area contributed by atoms with Gasteiger partial charge in [-0.3, -0.25) is 10.1 Å². The minimum atomic E-state index is -0.798. The lowest BCUT2D eigenvalue weighted by molar-refractivity contribution is 0.0384. The van der Waals surface area contributed by atoms with E-state index >= 15 is 0 Å². The maximum Gasteiger partial charge on any atom is 0.225 e. The Bertz CT molecular complexity index is 1420. The first kappa shape index (κ1) is 25.3. The molecule has 0 saturated carbocycles. The second-order valence-electron chi connectivity index (χ2n) is 9.28. The monoisotopic (exact) mass is 515 g/mol. The summed E-state index contributed by atoms with van der Waals surface area (Å²) in [7, 11) is 3.51. The molecular formula is C27H30FN9O. The van der Waals surface area contributed by atoms with Crippen LogP contribution in [0.3, 0.4) is 0 Å². The van der Waals surface area contributed by atoms with Gasteiger partial charge in [0.15, 0.2) is 5.84 Å². The van der Waals surface area contributed by atoms with Crippen molar-refractivity contribution in [2.75, 3.05) is 38.2 Å². The lowest BCUT2D eigenvalue weighted by atomic mass is 9.90. The van der Waals surface area contributed by atoms with Crippen molar-refractivity contribution in [1.82, 2.24) is 29.6 Å². The average molecular weight is 516 g/mol. The summed E-state index contributed by atoms with van der Waals surface area (Å²) in [6, 6.07) is 8.29. The number of halogens is 1. The van der Waals surface area contributed by atoms with E-state index in [0.29, 0.717) is 32.1 Å². The highest BCUT2D eigenvalue weighted by Gasteiger charge is 2.30. The molecule has 0 amide bonds. The molecule has 0 radical (unpaired) electrons. The molecule has 4 aromatic rings. The Morgan fingerprint density at radius 3 is 2.39 bits per heavy atom. The highest BCUT2D eigenvalue weighted by Crippen LogP contribution is 2.32. The Morgan fingerprint density at radius 2 is 1.79 bits per heavy atom. The molecule has 196 valence electrons. The summed E-state index contributed by atoms with van der Waals surface area (Å²) >= 11 is 0. The summed E-state index contributed by atoms with van der Waals surface area (Å²) < 4.78 is 21.0. The van der Waals surface area contributed by atoms with Crippen LogP contribution in [0.25, 0.3) is 11.1 Å². The predicted octanol–water partition coefficient (Wildman–Crippen LogP) is 3.43. The fraction of sp³-hybridized carbons (Fsp3) is 0.296. The quantitative estimate of drug-likeness (QED) is 0.288. The zero-order valence-electron chi connectivity index (χ0n) is 21.6. The van der Waals surface area contributed by atoms with Crippen LogP contribution in [0.4, 0.5) is 10.3 Å². The van der Waals surface area contributed by atoms with Crippen molar-refractivity contribution >= 4 is 18.1 Å². The summed E-state index contributed by atoms with van der Waals surface area (Å²) in [5, 5.41) is 11.8. The maximum absolute atomic E-state index is 13.4. The first-order valence-electron chi connectivity index (χ1n) is 12.3. The van der Waals surface area contributed by atoms with Crippen LogP contribution >= 0.6 is 0 Å². The number of benzene rings is 1. The van der Waals surface area contributed by atoms with Gasteiger partial charge in [-0.15, -0.1) is 0 Å². The van der Waals surface area contributed by atoms with Gasteiger partial charge < -0.3 is 19.5 Å². The highest BCUT2D eigenvalue weighted by molar-refractivity contribution is 6.01. The molecule has 11 heteroatoms. The lowest BCUT2D eigenvalue weighted by Gasteiger charge is -2.36. The number of aromatic nitrogens is 5. The van der Waals surface area contributed by atoms with Gasteiger partial charge >= 0.3 is 0 Å². The number of aromatic amines is 1. The molecule has 0 aliphatic carbocycles. The number of H-pyrrole nitrogens is 1. The maximum atomic E-state index is 13.4. The molecule has 1 aliphatic heterocycles. The van der Waals surface area contributed by atoms with Gasteiger partial charge in [0, 0.05) is 81.8 Å². The Balaban J connectivity index is 1.27. The topological polar surface area (TPSA) is 111 Å². The molecule has 0 bridgehead atoms. The number of nitrogens with zero attached hydrogens (tertiary/aromatic N) is 7. The number of amidine groups is 1. The first-order chi connectivity index (χ1) is 18.4. The molecule has 1 saturated heterocycles. The minimum absolute atomic E-state index is 0.294. The normalized spacial score (nSPS) is 15.9. The van der Waals surface area contributed by atoms with Crippen molar-refractivity contribution in [2.45, 2.75) is 12.5 Å². The Morgan fingerprint density at radius 1 is 1.08 bits per heavy atom. The van der Waals surface area contributed by atoms with Crippen molar-refractivity contribution in [3.8, 4) is 11.1 Å². The molecule has 4 heterocycles. The van der Waals surface area contributed by atoms with E-state index in [9.17, 15) is 4.39 Å². The van der Waals surface area contributed by atoms with E-state index in [1.165, 1.54) is 12.1 Å². The van der Waals surface area contributed by atoms with Crippen LogP contribution in [-0.4, -0.2) is 75.1 Å². The van der Waals surface area contributed by atoms with Gasteiger partial charge in [0.2, 0.25) is 5.95 Å². The zero-order valence-corrected chi connectivity index (χ0v) is 21.6. The van der Waals surface area contributed by atoms with Gasteiger partial charge in [-0.05, 0) is 30.7 Å². The predicted molar refractivity (Wildman–Crippen MR) is 144 cm³/mol. The molecule has 2 N–H and O–H groups in total. The van der Waals surface area contributed by atoms with E-state index in [1.807, 2.05) is 38.6 Å². The number of ether oxygens (including phenoxy) is 1. The van der Waals surface area contributed by atoms with Crippen LogP contribution in [0, 0.1) is 11.2 Å². The molecule has 38 heavy (non-hydrogen) atoms. The Hall–Kier alpha value is -4.38. The van der Waals surface area contributed by atoms with Crippen LogP contribution < -0.4 is 4.90 Å². The summed E-state index contributed by atoms with van der Waals surface area (Å²) in [5.41, 5.74) is 3.68. The van der Waals surface area contributed by atoms with E-state index in [0.717, 1.165) is 40.1 Å². The fourth-order valence-electron chi connectivity index (χ4n) is 4.66. The van der Waals surface area contributed by atoms with Gasteiger partial charge in [-0.2, -0.15) is 5.10 Å². The van der Waals surface area contributed by atoms with E-state index in [4.69, 9.17) is 10.1 Å². The summed E-state index contributed by atoms with van der Waals surface area (Å²) in [5.74, 6) is 1.06. The summed E-state index contributed by atoms with van der Waals surface area (Å²) in [6.07, 6.45) is 10.3. The summed E-state index contributed by atoms with van der Waals surface area (Å²) in [6.45, 7) is 4.72. The number of anilines is 1. The van der Waals surface area contributed by atoms with Gasteiger partial charge in [0.05, 0.1) is 11.9 Å². The Labute approximate surface area is 220 Å². The van der Waals surface area contributed by atoms with E-state index < -0.39 is 5.60 Å². The number of aliphatic imine (C=N–C) groups is 1. The van der Waals surface area contributed by atoms with Crippen LogP contribution in [-0.2, 0) is 17.4 Å². The molecule has 1 aromatic carbocycles. The number of methoxy groups -OCH3 is 1. The number of hydrogen-bond acceptors (Lipinski definition) is 6. The third-order valence-corrected chi connectivity index (χ3v) is 7.00. The molecule has 1 fully saturated rings. The largest absolute Gasteiger partial charge is 0.369 e. The van der Waals surface area contributed by atoms with Crippen molar-refractivity contribution in [3.05, 3.63) is 84.0 Å². The van der Waals surface area contributed by atoms with Gasteiger partial charge in [-0.25, -0.2) is 19.4 Å². The fourth-order valence-corrected chi connectivity index (χ4v) is 4.66. The van der Waals surface area contributed by atoms with Crippen molar-refractivity contribution in [1.29, 1.82) is 5.41 Å². The standard InChI is InChI=1S/C27H30FN9O/c1-27(38-3,21-4-6-23(28)7-5-21)22-15-31-26(32-16-22)37-10-8-36(9-11-37)25(33-18-29)24-12-19(13-30-24)20-14-34-35(2)17-20/h4-7,12-18,29-30H,8-11H2,1-3H3/b29-18?,33-25+/t27-/m0/s1. The minimum Gasteiger partial charge on any atom is -0.369 e. The van der Waals surface area contributed by atoms with Crippen molar-refractivity contribution < 1.29 is 9.13 Å². The van der Waals surface area contributed by atoms with Crippen LogP contribution in [0.5, 0.6) is 0 Å². The molecule has 0 unspecified atom stereocenters. The Kier molecular flexibility index (Phi) is 7.01.